The van der Waals surface area contributed by atoms with Gasteiger partial charge in [-0.25, -0.2) is 4.68 Å². The number of Topliss-reactive ketones (excluding diaryl/α,β-unsaturated/α-hetero) is 1. The Bertz CT molecular complexity index is 685. The average molecular weight is 374 g/mol. The van der Waals surface area contributed by atoms with Gasteiger partial charge < -0.3 is 4.90 Å². The first-order chi connectivity index (χ1) is 12.3. The Morgan fingerprint density at radius 1 is 1.23 bits per heavy atom. The summed E-state index contributed by atoms with van der Waals surface area (Å²) in [6.45, 7) is 1.51. The van der Waals surface area contributed by atoms with Crippen LogP contribution in [0, 0.1) is 22.0 Å². The summed E-state index contributed by atoms with van der Waals surface area (Å²) >= 11 is 0. The molecule has 1 aromatic heterocycles. The van der Waals surface area contributed by atoms with Crippen molar-refractivity contribution in [2.75, 3.05) is 18.0 Å². The molecule has 1 saturated heterocycles. The van der Waals surface area contributed by atoms with Crippen LogP contribution in [-0.2, 0) is 11.3 Å². The summed E-state index contributed by atoms with van der Waals surface area (Å²) in [5.74, 6) is -1.13. The fraction of sp³-hybridized carbons (Fsp3) is 0.750. The molecule has 0 unspecified atom stereocenters. The van der Waals surface area contributed by atoms with Crippen molar-refractivity contribution in [2.45, 2.75) is 51.2 Å². The van der Waals surface area contributed by atoms with Gasteiger partial charge in [0.05, 0.1) is 4.92 Å². The summed E-state index contributed by atoms with van der Waals surface area (Å²) in [5.41, 5.74) is -0.0736. The highest BCUT2D eigenvalue weighted by Crippen LogP contribution is 2.36. The average Bonchev–Trinajstić information content (AvgIpc) is 3.30. The molecule has 144 valence electrons. The van der Waals surface area contributed by atoms with E-state index < -0.39 is 23.3 Å². The van der Waals surface area contributed by atoms with Crippen LogP contribution in [-0.4, -0.2) is 39.8 Å². The highest BCUT2D eigenvalue weighted by atomic mass is 19.4. The van der Waals surface area contributed by atoms with Crippen LogP contribution < -0.4 is 4.90 Å². The van der Waals surface area contributed by atoms with Gasteiger partial charge >= 0.3 is 11.9 Å². The molecular weight excluding hydrogens is 353 g/mol. The molecule has 1 atom stereocenters. The van der Waals surface area contributed by atoms with Gasteiger partial charge in [0.2, 0.25) is 11.6 Å². The van der Waals surface area contributed by atoms with Crippen molar-refractivity contribution in [1.82, 2.24) is 9.78 Å². The van der Waals surface area contributed by atoms with Crippen molar-refractivity contribution in [2.24, 2.45) is 11.8 Å². The van der Waals surface area contributed by atoms with Crippen LogP contribution in [0.2, 0.25) is 0 Å². The number of halogens is 3. The van der Waals surface area contributed by atoms with Crippen LogP contribution in [0.1, 0.15) is 38.5 Å². The molecular formula is C16H21F3N4O3. The first-order valence-electron chi connectivity index (χ1n) is 8.81. The topological polar surface area (TPSA) is 81.3 Å². The number of anilines is 1. The van der Waals surface area contributed by atoms with Crippen molar-refractivity contribution in [3.8, 4) is 0 Å². The number of rotatable bonds is 6. The second-order valence-corrected chi connectivity index (χ2v) is 7.15. The number of hydrogen-bond donors (Lipinski definition) is 0. The summed E-state index contributed by atoms with van der Waals surface area (Å²) in [6, 6.07) is 0. The van der Waals surface area contributed by atoms with Gasteiger partial charge in [0.25, 0.3) is 0 Å². The Morgan fingerprint density at radius 3 is 2.58 bits per heavy atom. The van der Waals surface area contributed by atoms with Crippen LogP contribution in [0.15, 0.2) is 6.20 Å². The maximum absolute atomic E-state index is 12.5. The Kier molecular flexibility index (Phi) is 5.19. The van der Waals surface area contributed by atoms with Crippen LogP contribution in [0.3, 0.4) is 0 Å². The number of hydrogen-bond acceptors (Lipinski definition) is 5. The third-order valence-electron chi connectivity index (χ3n) is 5.06. The monoisotopic (exact) mass is 374 g/mol. The fourth-order valence-electron chi connectivity index (χ4n) is 3.46. The van der Waals surface area contributed by atoms with E-state index in [9.17, 15) is 28.1 Å². The van der Waals surface area contributed by atoms with Crippen LogP contribution >= 0.6 is 0 Å². The molecule has 0 amide bonds. The molecule has 1 aliphatic carbocycles. The van der Waals surface area contributed by atoms with E-state index in [0.29, 0.717) is 50.6 Å². The number of alkyl halides is 3. The Labute approximate surface area is 148 Å². The lowest BCUT2D eigenvalue weighted by atomic mass is 9.94. The lowest BCUT2D eigenvalue weighted by Crippen LogP contribution is -2.29. The van der Waals surface area contributed by atoms with E-state index in [-0.39, 0.29) is 11.6 Å². The smallest absolute Gasteiger partial charge is 0.351 e. The van der Waals surface area contributed by atoms with Gasteiger partial charge in [0.1, 0.15) is 6.20 Å². The lowest BCUT2D eigenvalue weighted by Gasteiger charge is -2.23. The molecule has 2 heterocycles. The zero-order chi connectivity index (χ0) is 18.9. The van der Waals surface area contributed by atoms with E-state index >= 15 is 0 Å². The number of carbonyl (C=O) groups is 1. The SMILES string of the molecule is O=C(C[C@@H]1CCCN(c2c([N+](=O)[O-])cnn2CC2CC2)CC1)C(F)(F)F. The summed E-state index contributed by atoms with van der Waals surface area (Å²) in [6.07, 6.45) is -0.427. The largest absolute Gasteiger partial charge is 0.449 e. The predicted molar refractivity (Wildman–Crippen MR) is 86.8 cm³/mol. The maximum Gasteiger partial charge on any atom is 0.449 e. The lowest BCUT2D eigenvalue weighted by molar-refractivity contribution is -0.384. The van der Waals surface area contributed by atoms with Crippen molar-refractivity contribution in [3.05, 3.63) is 16.3 Å². The first kappa shape index (κ1) is 18.7. The molecule has 0 aromatic carbocycles. The Morgan fingerprint density at radius 2 is 1.96 bits per heavy atom. The fourth-order valence-corrected chi connectivity index (χ4v) is 3.46. The number of nitro groups is 1. The summed E-state index contributed by atoms with van der Waals surface area (Å²) < 4.78 is 39.1. The van der Waals surface area contributed by atoms with E-state index in [0.717, 1.165) is 12.8 Å². The molecule has 10 heteroatoms. The summed E-state index contributed by atoms with van der Waals surface area (Å²) in [5, 5.41) is 15.5. The second kappa shape index (κ2) is 7.24. The minimum absolute atomic E-state index is 0.0736. The van der Waals surface area contributed by atoms with Crippen LogP contribution in [0.25, 0.3) is 0 Å². The third kappa shape index (κ3) is 4.34. The standard InChI is InChI=1S/C16H21F3N4O3/c17-16(18,19)14(24)8-11-2-1-6-21(7-5-11)15-13(23(25)26)9-20-22(15)10-12-3-4-12/h9,11-12H,1-8,10H2/t11-/m1/s1. The molecule has 7 nitrogen and oxygen atoms in total. The molecule has 0 radical (unpaired) electrons. The van der Waals surface area contributed by atoms with Crippen molar-refractivity contribution in [3.63, 3.8) is 0 Å². The molecule has 0 N–H and O–H groups in total. The quantitative estimate of drug-likeness (QED) is 0.564. The number of nitrogens with zero attached hydrogens (tertiary/aromatic N) is 4. The van der Waals surface area contributed by atoms with Gasteiger partial charge in [-0.3, -0.25) is 14.9 Å². The minimum atomic E-state index is -4.80. The first-order valence-corrected chi connectivity index (χ1v) is 8.81. The van der Waals surface area contributed by atoms with Gasteiger partial charge in [-0.1, -0.05) is 0 Å². The Balaban J connectivity index is 1.71. The highest BCUT2D eigenvalue weighted by molar-refractivity contribution is 5.84. The number of carbonyl (C=O) groups excluding carboxylic acids is 1. The molecule has 1 aliphatic heterocycles. The molecule has 2 fully saturated rings. The molecule has 3 rings (SSSR count). The van der Waals surface area contributed by atoms with E-state index in [1.807, 2.05) is 4.90 Å². The Hall–Kier alpha value is -2.13. The predicted octanol–water partition coefficient (Wildman–Crippen LogP) is 3.33. The van der Waals surface area contributed by atoms with Crippen LogP contribution in [0.5, 0.6) is 0 Å². The highest BCUT2D eigenvalue weighted by Gasteiger charge is 2.39. The van der Waals surface area contributed by atoms with Gasteiger partial charge in [-0.15, -0.1) is 0 Å². The zero-order valence-electron chi connectivity index (χ0n) is 14.2. The molecule has 1 aromatic rings. The van der Waals surface area contributed by atoms with Gasteiger partial charge in [-0.2, -0.15) is 18.3 Å². The molecule has 2 aliphatic rings. The molecule has 0 spiro atoms. The maximum atomic E-state index is 12.5. The van der Waals surface area contributed by atoms with Gasteiger partial charge in [-0.05, 0) is 43.9 Å². The summed E-state index contributed by atoms with van der Waals surface area (Å²) in [4.78, 5) is 23.9. The van der Waals surface area contributed by atoms with E-state index in [2.05, 4.69) is 5.10 Å². The molecule has 26 heavy (non-hydrogen) atoms. The van der Waals surface area contributed by atoms with Crippen LogP contribution in [0.4, 0.5) is 24.7 Å². The van der Waals surface area contributed by atoms with Crippen molar-refractivity contribution >= 4 is 17.3 Å². The molecule has 1 saturated carbocycles. The van der Waals surface area contributed by atoms with E-state index in [1.165, 1.54) is 6.20 Å². The number of ketones is 1. The van der Waals surface area contributed by atoms with E-state index in [1.54, 1.807) is 4.68 Å². The molecule has 0 bridgehead atoms. The zero-order valence-corrected chi connectivity index (χ0v) is 14.2. The summed E-state index contributed by atoms with van der Waals surface area (Å²) in [7, 11) is 0. The number of aromatic nitrogens is 2. The second-order valence-electron chi connectivity index (χ2n) is 7.15. The minimum Gasteiger partial charge on any atom is -0.351 e. The van der Waals surface area contributed by atoms with Crippen molar-refractivity contribution in [1.29, 1.82) is 0 Å². The van der Waals surface area contributed by atoms with Gasteiger partial charge in [0, 0.05) is 26.1 Å². The normalized spacial score (nSPS) is 21.5. The van der Waals surface area contributed by atoms with Gasteiger partial charge in [0.15, 0.2) is 0 Å². The van der Waals surface area contributed by atoms with Crippen molar-refractivity contribution < 1.29 is 22.9 Å². The third-order valence-corrected chi connectivity index (χ3v) is 5.06. The van der Waals surface area contributed by atoms with E-state index in [4.69, 9.17) is 0 Å².